The highest BCUT2D eigenvalue weighted by molar-refractivity contribution is 5.79. The van der Waals surface area contributed by atoms with Gasteiger partial charge in [0.25, 0.3) is 0 Å². The molecular weight excluding hydrogens is 244 g/mol. The van der Waals surface area contributed by atoms with Crippen LogP contribution in [0.5, 0.6) is 0 Å². The highest BCUT2D eigenvalue weighted by Crippen LogP contribution is 2.20. The summed E-state index contributed by atoms with van der Waals surface area (Å²) >= 11 is 0. The van der Waals surface area contributed by atoms with Crippen molar-refractivity contribution in [3.05, 3.63) is 24.5 Å². The van der Waals surface area contributed by atoms with E-state index in [2.05, 4.69) is 4.98 Å². The molecule has 0 bridgehead atoms. The molecule has 2 rings (SSSR count). The number of hydrogen-bond acceptors (Lipinski definition) is 4. The van der Waals surface area contributed by atoms with Crippen molar-refractivity contribution in [3.8, 4) is 0 Å². The monoisotopic (exact) mass is 262 g/mol. The molecule has 0 radical (unpaired) electrons. The van der Waals surface area contributed by atoms with E-state index in [0.717, 1.165) is 16.7 Å². The van der Waals surface area contributed by atoms with Crippen LogP contribution in [0.15, 0.2) is 24.5 Å². The van der Waals surface area contributed by atoms with Crippen molar-refractivity contribution in [2.75, 3.05) is 18.5 Å². The number of fused-ring (bicyclic) bond motifs is 1. The number of imidazole rings is 1. The van der Waals surface area contributed by atoms with E-state index in [1.54, 1.807) is 6.33 Å². The summed E-state index contributed by atoms with van der Waals surface area (Å²) in [4.78, 5) is 17.0. The molecule has 0 aliphatic rings. The summed E-state index contributed by atoms with van der Waals surface area (Å²) in [6, 6.07) is 5.17. The Morgan fingerprint density at radius 3 is 3.00 bits per heavy atom. The number of hydrogen-bond donors (Lipinski definition) is 2. The van der Waals surface area contributed by atoms with Crippen molar-refractivity contribution in [2.24, 2.45) is 12.8 Å². The van der Waals surface area contributed by atoms with Crippen molar-refractivity contribution in [1.82, 2.24) is 9.55 Å². The van der Waals surface area contributed by atoms with Gasteiger partial charge in [-0.3, -0.25) is 4.79 Å². The minimum Gasteiger partial charge on any atom is -0.480 e. The first-order chi connectivity index (χ1) is 8.99. The number of carboxylic acids is 1. The predicted octanol–water partition coefficient (Wildman–Crippen LogP) is 0.811. The van der Waals surface area contributed by atoms with E-state index in [9.17, 15) is 4.79 Å². The number of carbonyl (C=O) groups is 1. The fourth-order valence-electron chi connectivity index (χ4n) is 1.95. The molecule has 0 spiro atoms. The van der Waals surface area contributed by atoms with Crippen molar-refractivity contribution in [2.45, 2.75) is 12.5 Å². The topological polar surface area (TPSA) is 84.4 Å². The van der Waals surface area contributed by atoms with Crippen LogP contribution in [0.4, 0.5) is 5.69 Å². The average molecular weight is 262 g/mol. The second kappa shape index (κ2) is 5.27. The van der Waals surface area contributed by atoms with Gasteiger partial charge in [-0.1, -0.05) is 0 Å². The Balaban J connectivity index is 2.08. The average Bonchev–Trinajstić information content (AvgIpc) is 2.76. The van der Waals surface area contributed by atoms with Gasteiger partial charge in [0, 0.05) is 26.3 Å². The van der Waals surface area contributed by atoms with Gasteiger partial charge >= 0.3 is 5.97 Å². The molecule has 0 saturated heterocycles. The third kappa shape index (κ3) is 2.85. The molecule has 0 saturated carbocycles. The Kier molecular flexibility index (Phi) is 3.71. The van der Waals surface area contributed by atoms with Crippen LogP contribution in [0.2, 0.25) is 0 Å². The largest absolute Gasteiger partial charge is 0.480 e. The van der Waals surface area contributed by atoms with Crippen LogP contribution in [-0.2, 0) is 11.8 Å². The number of anilines is 1. The molecule has 1 aromatic heterocycles. The van der Waals surface area contributed by atoms with E-state index >= 15 is 0 Å². The van der Waals surface area contributed by atoms with E-state index < -0.39 is 12.0 Å². The highest BCUT2D eigenvalue weighted by atomic mass is 16.4. The first-order valence-electron chi connectivity index (χ1n) is 6.09. The fraction of sp³-hybridized carbons (Fsp3) is 0.385. The molecule has 0 fully saturated rings. The number of aromatic nitrogens is 2. The Morgan fingerprint density at radius 1 is 1.58 bits per heavy atom. The van der Waals surface area contributed by atoms with Gasteiger partial charge < -0.3 is 20.3 Å². The lowest BCUT2D eigenvalue weighted by atomic mass is 10.2. The summed E-state index contributed by atoms with van der Waals surface area (Å²) in [7, 11) is 3.86. The second-order valence-electron chi connectivity index (χ2n) is 4.68. The maximum absolute atomic E-state index is 10.7. The van der Waals surface area contributed by atoms with Crippen LogP contribution < -0.4 is 10.6 Å². The van der Waals surface area contributed by atoms with Crippen LogP contribution in [0, 0.1) is 0 Å². The Morgan fingerprint density at radius 2 is 2.32 bits per heavy atom. The first kappa shape index (κ1) is 13.4. The molecule has 1 unspecified atom stereocenters. The molecule has 1 heterocycles. The van der Waals surface area contributed by atoms with Crippen molar-refractivity contribution < 1.29 is 9.90 Å². The van der Waals surface area contributed by atoms with E-state index in [1.807, 2.05) is 41.8 Å². The maximum Gasteiger partial charge on any atom is 0.320 e. The molecular formula is C13H18N4O2. The van der Waals surface area contributed by atoms with Crippen LogP contribution in [-0.4, -0.2) is 40.3 Å². The summed E-state index contributed by atoms with van der Waals surface area (Å²) in [6.45, 7) is 0.589. The maximum atomic E-state index is 10.7. The van der Waals surface area contributed by atoms with Crippen LogP contribution in [0.3, 0.4) is 0 Å². The van der Waals surface area contributed by atoms with Crippen molar-refractivity contribution in [1.29, 1.82) is 0 Å². The predicted molar refractivity (Wildman–Crippen MR) is 74.2 cm³/mol. The summed E-state index contributed by atoms with van der Waals surface area (Å²) < 4.78 is 1.96. The third-order valence-corrected chi connectivity index (χ3v) is 3.24. The molecule has 1 atom stereocenters. The number of aliphatic carboxylic acids is 1. The Bertz CT molecular complexity index is 593. The third-order valence-electron chi connectivity index (χ3n) is 3.24. The molecule has 19 heavy (non-hydrogen) atoms. The van der Waals surface area contributed by atoms with Gasteiger partial charge in [0.1, 0.15) is 6.04 Å². The van der Waals surface area contributed by atoms with Gasteiger partial charge in [0.15, 0.2) is 0 Å². The molecule has 0 aliphatic heterocycles. The molecule has 0 aliphatic carbocycles. The number of nitrogens with zero attached hydrogens (tertiary/aromatic N) is 3. The standard InChI is InChI=1S/C13H18N4O2/c1-16(6-5-10(14)13(18)19)9-3-4-12-11(7-9)15-8-17(12)2/h3-4,7-8,10H,5-6,14H2,1-2H3,(H,18,19). The van der Waals surface area contributed by atoms with Gasteiger partial charge in [-0.25, -0.2) is 4.98 Å². The number of aryl methyl sites for hydroxylation is 1. The van der Waals surface area contributed by atoms with Gasteiger partial charge in [-0.2, -0.15) is 0 Å². The zero-order chi connectivity index (χ0) is 14.0. The smallest absolute Gasteiger partial charge is 0.320 e. The summed E-state index contributed by atoms with van der Waals surface area (Å²) in [5, 5.41) is 8.75. The Labute approximate surface area is 111 Å². The Hall–Kier alpha value is -2.08. The minimum absolute atomic E-state index is 0.409. The molecule has 6 heteroatoms. The fourth-order valence-corrected chi connectivity index (χ4v) is 1.95. The normalized spacial score (nSPS) is 12.6. The van der Waals surface area contributed by atoms with E-state index in [-0.39, 0.29) is 0 Å². The van der Waals surface area contributed by atoms with E-state index in [1.165, 1.54) is 0 Å². The summed E-state index contributed by atoms with van der Waals surface area (Å²) in [6.07, 6.45) is 2.18. The molecule has 3 N–H and O–H groups in total. The first-order valence-corrected chi connectivity index (χ1v) is 6.09. The summed E-state index contributed by atoms with van der Waals surface area (Å²) in [5.74, 6) is -0.964. The van der Waals surface area contributed by atoms with Gasteiger partial charge in [-0.05, 0) is 24.6 Å². The van der Waals surface area contributed by atoms with Crippen LogP contribution in [0.25, 0.3) is 11.0 Å². The van der Waals surface area contributed by atoms with E-state index in [0.29, 0.717) is 13.0 Å². The minimum atomic E-state index is -0.964. The SMILES string of the molecule is CN(CCC(N)C(=O)O)c1ccc2c(c1)ncn2C. The zero-order valence-electron chi connectivity index (χ0n) is 11.1. The lowest BCUT2D eigenvalue weighted by molar-refractivity contribution is -0.138. The number of rotatable bonds is 5. The van der Waals surface area contributed by atoms with Gasteiger partial charge in [0.05, 0.1) is 17.4 Å². The number of benzene rings is 1. The summed E-state index contributed by atoms with van der Waals surface area (Å²) in [5.41, 5.74) is 8.49. The zero-order valence-corrected chi connectivity index (χ0v) is 11.1. The lowest BCUT2D eigenvalue weighted by Crippen LogP contribution is -2.34. The number of carboxylic acid groups (broad SMARTS) is 1. The van der Waals surface area contributed by atoms with Crippen molar-refractivity contribution in [3.63, 3.8) is 0 Å². The second-order valence-corrected chi connectivity index (χ2v) is 4.68. The van der Waals surface area contributed by atoms with E-state index in [4.69, 9.17) is 10.8 Å². The van der Waals surface area contributed by atoms with Gasteiger partial charge in [0.2, 0.25) is 0 Å². The lowest BCUT2D eigenvalue weighted by Gasteiger charge is -2.20. The van der Waals surface area contributed by atoms with Crippen LogP contribution in [0.1, 0.15) is 6.42 Å². The molecule has 0 amide bonds. The van der Waals surface area contributed by atoms with Crippen LogP contribution >= 0.6 is 0 Å². The molecule has 1 aromatic carbocycles. The molecule has 6 nitrogen and oxygen atoms in total. The number of nitrogens with two attached hydrogens (primary N) is 1. The van der Waals surface area contributed by atoms with Gasteiger partial charge in [-0.15, -0.1) is 0 Å². The van der Waals surface area contributed by atoms with Crippen molar-refractivity contribution >= 4 is 22.7 Å². The quantitative estimate of drug-likeness (QED) is 0.833. The highest BCUT2D eigenvalue weighted by Gasteiger charge is 2.12. The molecule has 102 valence electrons. The molecule has 2 aromatic rings.